The van der Waals surface area contributed by atoms with Gasteiger partial charge in [0.2, 0.25) is 0 Å². The number of halogens is 1. The summed E-state index contributed by atoms with van der Waals surface area (Å²) in [6.45, 7) is 8.13. The fourth-order valence-electron chi connectivity index (χ4n) is 5.02. The third-order valence-corrected chi connectivity index (χ3v) is 6.88. The number of hydrogen-bond donors (Lipinski definition) is 2. The van der Waals surface area contributed by atoms with Gasteiger partial charge in [0.25, 0.3) is 0 Å². The first-order chi connectivity index (χ1) is 15.2. The van der Waals surface area contributed by atoms with Crippen LogP contribution in [0.15, 0.2) is 29.3 Å². The van der Waals surface area contributed by atoms with Crippen LogP contribution in [0, 0.1) is 0 Å². The maximum Gasteiger partial charge on any atom is 0.191 e. The first kappa shape index (κ1) is 27.2. The molecule has 1 saturated carbocycles. The molecule has 6 nitrogen and oxygen atoms in total. The number of hydrogen-bond acceptors (Lipinski definition) is 4. The minimum Gasteiger partial charge on any atom is -0.497 e. The third-order valence-electron chi connectivity index (χ3n) is 6.88. The molecule has 0 radical (unpaired) electrons. The number of nitrogens with one attached hydrogen (secondary N) is 2. The van der Waals surface area contributed by atoms with Gasteiger partial charge in [0.05, 0.1) is 13.7 Å². The van der Waals surface area contributed by atoms with Crippen molar-refractivity contribution in [2.24, 2.45) is 4.99 Å². The van der Waals surface area contributed by atoms with Crippen molar-refractivity contribution >= 4 is 29.9 Å². The molecule has 0 spiro atoms. The van der Waals surface area contributed by atoms with Gasteiger partial charge in [-0.1, -0.05) is 25.0 Å². The number of nitrogens with zero attached hydrogens (tertiary/aromatic N) is 2. The number of rotatable bonds is 10. The highest BCUT2D eigenvalue weighted by molar-refractivity contribution is 14.0. The molecular weight excluding hydrogens is 515 g/mol. The van der Waals surface area contributed by atoms with Crippen LogP contribution in [0.3, 0.4) is 0 Å². The minimum absolute atomic E-state index is 0. The smallest absolute Gasteiger partial charge is 0.191 e. The van der Waals surface area contributed by atoms with Crippen LogP contribution in [-0.4, -0.2) is 70.5 Å². The van der Waals surface area contributed by atoms with Crippen LogP contribution in [-0.2, 0) is 10.2 Å². The zero-order valence-corrected chi connectivity index (χ0v) is 22.5. The van der Waals surface area contributed by atoms with Crippen LogP contribution in [0.5, 0.6) is 5.75 Å². The van der Waals surface area contributed by atoms with Gasteiger partial charge in [0.15, 0.2) is 5.96 Å². The standard InChI is InChI=1S/C25H42N4O2.HI/c1-4-26-24(28-22-11-16-29(17-12-22)15-8-18-30-2)27-20-25(13-5-6-14-25)21-9-7-10-23(19-21)31-3;/h7,9-10,19,22H,4-6,8,11-18,20H2,1-3H3,(H2,26,27,28);1H. The number of methoxy groups -OCH3 is 2. The second-order valence-electron chi connectivity index (χ2n) is 9.02. The predicted octanol–water partition coefficient (Wildman–Crippen LogP) is 4.18. The summed E-state index contributed by atoms with van der Waals surface area (Å²) in [6, 6.07) is 9.10. The molecule has 0 unspecified atom stereocenters. The van der Waals surface area contributed by atoms with E-state index in [2.05, 4.69) is 40.7 Å². The van der Waals surface area contributed by atoms with E-state index < -0.39 is 0 Å². The fraction of sp³-hybridized carbons (Fsp3) is 0.720. The van der Waals surface area contributed by atoms with Crippen molar-refractivity contribution in [1.82, 2.24) is 15.5 Å². The van der Waals surface area contributed by atoms with Crippen molar-refractivity contribution in [2.75, 3.05) is 53.6 Å². The molecule has 0 atom stereocenters. The van der Waals surface area contributed by atoms with Gasteiger partial charge in [-0.3, -0.25) is 4.99 Å². The van der Waals surface area contributed by atoms with Crippen LogP contribution in [0.1, 0.15) is 57.4 Å². The van der Waals surface area contributed by atoms with Crippen LogP contribution in [0.2, 0.25) is 0 Å². The average Bonchev–Trinajstić information content (AvgIpc) is 3.29. The molecule has 1 aliphatic carbocycles. The van der Waals surface area contributed by atoms with E-state index in [0.717, 1.165) is 57.5 Å². The molecule has 1 aromatic carbocycles. The van der Waals surface area contributed by atoms with E-state index in [1.807, 2.05) is 6.07 Å². The van der Waals surface area contributed by atoms with Crippen molar-refractivity contribution in [3.8, 4) is 5.75 Å². The lowest BCUT2D eigenvalue weighted by Crippen LogP contribution is -2.49. The summed E-state index contributed by atoms with van der Waals surface area (Å²) in [5, 5.41) is 7.20. The van der Waals surface area contributed by atoms with E-state index in [0.29, 0.717) is 6.04 Å². The Hall–Kier alpha value is -1.06. The van der Waals surface area contributed by atoms with Gasteiger partial charge < -0.3 is 25.0 Å². The van der Waals surface area contributed by atoms with E-state index in [1.54, 1.807) is 14.2 Å². The Morgan fingerprint density at radius 2 is 1.94 bits per heavy atom. The van der Waals surface area contributed by atoms with Gasteiger partial charge in [-0.05, 0) is 56.7 Å². The SMILES string of the molecule is CCNC(=NCC1(c2cccc(OC)c2)CCCC1)NC1CCN(CCCOC)CC1.I. The summed E-state index contributed by atoms with van der Waals surface area (Å²) in [5.41, 5.74) is 1.50. The molecule has 1 heterocycles. The van der Waals surface area contributed by atoms with Crippen LogP contribution in [0.4, 0.5) is 0 Å². The second kappa shape index (κ2) is 14.3. The maximum atomic E-state index is 5.49. The Balaban J connectivity index is 0.00000363. The Morgan fingerprint density at radius 1 is 1.19 bits per heavy atom. The molecule has 1 saturated heterocycles. The molecule has 0 amide bonds. The molecule has 32 heavy (non-hydrogen) atoms. The Bertz CT molecular complexity index is 686. The lowest BCUT2D eigenvalue weighted by Gasteiger charge is -2.33. The topological polar surface area (TPSA) is 58.1 Å². The molecule has 2 fully saturated rings. The fourth-order valence-corrected chi connectivity index (χ4v) is 5.02. The van der Waals surface area contributed by atoms with Gasteiger partial charge in [-0.15, -0.1) is 24.0 Å². The van der Waals surface area contributed by atoms with Crippen molar-refractivity contribution in [3.05, 3.63) is 29.8 Å². The Morgan fingerprint density at radius 3 is 2.59 bits per heavy atom. The van der Waals surface area contributed by atoms with Crippen molar-refractivity contribution < 1.29 is 9.47 Å². The molecular formula is C25H43IN4O2. The molecule has 3 rings (SSSR count). The van der Waals surface area contributed by atoms with Crippen molar-refractivity contribution in [2.45, 2.75) is 63.3 Å². The lowest BCUT2D eigenvalue weighted by atomic mass is 9.79. The summed E-state index contributed by atoms with van der Waals surface area (Å²) in [5.74, 6) is 1.91. The van der Waals surface area contributed by atoms with Gasteiger partial charge in [0.1, 0.15) is 5.75 Å². The number of benzene rings is 1. The quantitative estimate of drug-likeness (QED) is 0.195. The number of ether oxygens (including phenoxy) is 2. The Kier molecular flexibility index (Phi) is 12.1. The number of aliphatic imine (C=N–C) groups is 1. The summed E-state index contributed by atoms with van der Waals surface area (Å²) >= 11 is 0. The lowest BCUT2D eigenvalue weighted by molar-refractivity contribution is 0.155. The normalized spacial score (nSPS) is 19.4. The van der Waals surface area contributed by atoms with Gasteiger partial charge >= 0.3 is 0 Å². The summed E-state index contributed by atoms with van der Waals surface area (Å²) in [6.07, 6.45) is 8.39. The Labute approximate surface area is 211 Å². The largest absolute Gasteiger partial charge is 0.497 e. The van der Waals surface area contributed by atoms with Gasteiger partial charge in [-0.25, -0.2) is 0 Å². The highest BCUT2D eigenvalue weighted by Gasteiger charge is 2.36. The van der Waals surface area contributed by atoms with Crippen molar-refractivity contribution in [1.29, 1.82) is 0 Å². The molecule has 1 aliphatic heterocycles. The zero-order chi connectivity index (χ0) is 21.9. The molecule has 1 aromatic rings. The molecule has 7 heteroatoms. The number of piperidine rings is 1. The van der Waals surface area contributed by atoms with E-state index in [9.17, 15) is 0 Å². The number of guanidine groups is 1. The van der Waals surface area contributed by atoms with Crippen LogP contribution < -0.4 is 15.4 Å². The predicted molar refractivity (Wildman–Crippen MR) is 144 cm³/mol. The first-order valence-corrected chi connectivity index (χ1v) is 12.1. The third kappa shape index (κ3) is 7.76. The number of likely N-dealkylation sites (tertiary alicyclic amines) is 1. The summed E-state index contributed by atoms with van der Waals surface area (Å²) in [4.78, 5) is 7.65. The highest BCUT2D eigenvalue weighted by Crippen LogP contribution is 2.42. The minimum atomic E-state index is 0. The molecule has 0 aromatic heterocycles. The first-order valence-electron chi connectivity index (χ1n) is 12.1. The van der Waals surface area contributed by atoms with Crippen LogP contribution >= 0.6 is 24.0 Å². The van der Waals surface area contributed by atoms with Gasteiger partial charge in [-0.2, -0.15) is 0 Å². The second-order valence-corrected chi connectivity index (χ2v) is 9.02. The summed E-state index contributed by atoms with van der Waals surface area (Å²) < 4.78 is 10.7. The van der Waals surface area contributed by atoms with E-state index in [4.69, 9.17) is 14.5 Å². The average molecular weight is 559 g/mol. The van der Waals surface area contributed by atoms with E-state index in [-0.39, 0.29) is 29.4 Å². The van der Waals surface area contributed by atoms with E-state index in [1.165, 1.54) is 44.1 Å². The maximum absolute atomic E-state index is 5.49. The monoisotopic (exact) mass is 558 g/mol. The zero-order valence-electron chi connectivity index (χ0n) is 20.2. The molecule has 2 N–H and O–H groups in total. The molecule has 0 bridgehead atoms. The van der Waals surface area contributed by atoms with Crippen LogP contribution in [0.25, 0.3) is 0 Å². The highest BCUT2D eigenvalue weighted by atomic mass is 127. The summed E-state index contributed by atoms with van der Waals surface area (Å²) in [7, 11) is 3.52. The van der Waals surface area contributed by atoms with Gasteiger partial charge in [0, 0.05) is 51.4 Å². The van der Waals surface area contributed by atoms with E-state index >= 15 is 0 Å². The van der Waals surface area contributed by atoms with Crippen molar-refractivity contribution in [3.63, 3.8) is 0 Å². The molecule has 182 valence electrons. The molecule has 2 aliphatic rings.